The highest BCUT2D eigenvalue weighted by Gasteiger charge is 2.41. The molecule has 0 fully saturated rings. The van der Waals surface area contributed by atoms with Crippen LogP contribution in [0, 0.1) is 0 Å². The topological polar surface area (TPSA) is 102 Å². The zero-order chi connectivity index (χ0) is 24.0. The van der Waals surface area contributed by atoms with Crippen LogP contribution < -0.4 is 9.61 Å². The lowest BCUT2D eigenvalue weighted by Crippen LogP contribution is -2.37. The standard InChI is InChI=1S/C23H25FNO6PS/c1-3-12-30-23(28)18(4-2)25-32(29,31-17-8-6-5-7-9-17)21(24)15-10-11-19-16(13-15)14-20(33-19)22(26)27/h5-11,13-14,18,21H,3-4,12H2,1-2H3,(H,25,29)(H,26,27)/t18-,21?,32?/m0/s1. The number of nitrogens with one attached hydrogen (secondary N) is 1. The fourth-order valence-electron chi connectivity index (χ4n) is 3.12. The molecule has 3 atom stereocenters. The molecule has 2 aromatic carbocycles. The Morgan fingerprint density at radius 3 is 2.52 bits per heavy atom. The molecule has 0 aliphatic heterocycles. The Hall–Kier alpha value is -2.74. The van der Waals surface area contributed by atoms with Crippen molar-refractivity contribution in [3.05, 3.63) is 65.0 Å². The van der Waals surface area contributed by atoms with E-state index in [4.69, 9.17) is 9.26 Å². The number of aromatic carboxylic acids is 1. The van der Waals surface area contributed by atoms with Crippen LogP contribution >= 0.6 is 18.9 Å². The summed E-state index contributed by atoms with van der Waals surface area (Å²) in [5.41, 5.74) is 0.0424. The van der Waals surface area contributed by atoms with Gasteiger partial charge in [0.2, 0.25) is 5.91 Å². The van der Waals surface area contributed by atoms with Gasteiger partial charge in [-0.1, -0.05) is 38.1 Å². The van der Waals surface area contributed by atoms with Gasteiger partial charge >= 0.3 is 19.5 Å². The first-order valence-corrected chi connectivity index (χ1v) is 13.0. The van der Waals surface area contributed by atoms with E-state index in [1.54, 1.807) is 43.3 Å². The van der Waals surface area contributed by atoms with Crippen LogP contribution in [0.3, 0.4) is 0 Å². The molecule has 33 heavy (non-hydrogen) atoms. The van der Waals surface area contributed by atoms with E-state index in [9.17, 15) is 19.3 Å². The van der Waals surface area contributed by atoms with Crippen molar-refractivity contribution in [3.63, 3.8) is 0 Å². The van der Waals surface area contributed by atoms with Gasteiger partial charge in [-0.2, -0.15) is 0 Å². The first kappa shape index (κ1) is 24.9. The van der Waals surface area contributed by atoms with E-state index in [1.807, 2.05) is 6.92 Å². The van der Waals surface area contributed by atoms with Gasteiger partial charge in [-0.05, 0) is 54.1 Å². The Labute approximate surface area is 195 Å². The predicted molar refractivity (Wildman–Crippen MR) is 126 cm³/mol. The predicted octanol–water partition coefficient (Wildman–Crippen LogP) is 6.16. The third-order valence-corrected chi connectivity index (χ3v) is 7.94. The molecular weight excluding hydrogens is 468 g/mol. The lowest BCUT2D eigenvalue weighted by Gasteiger charge is -2.27. The largest absolute Gasteiger partial charge is 0.477 e. The van der Waals surface area contributed by atoms with E-state index < -0.39 is 31.4 Å². The summed E-state index contributed by atoms with van der Waals surface area (Å²) >= 11 is 1.06. The van der Waals surface area contributed by atoms with Crippen LogP contribution in [0.1, 0.15) is 47.8 Å². The van der Waals surface area contributed by atoms with Gasteiger partial charge in [0, 0.05) is 4.70 Å². The number of benzene rings is 2. The molecule has 1 heterocycles. The lowest BCUT2D eigenvalue weighted by atomic mass is 10.2. The van der Waals surface area contributed by atoms with Gasteiger partial charge < -0.3 is 14.4 Å². The molecule has 7 nitrogen and oxygen atoms in total. The van der Waals surface area contributed by atoms with E-state index in [0.717, 1.165) is 11.3 Å². The number of esters is 1. The van der Waals surface area contributed by atoms with Crippen molar-refractivity contribution in [1.29, 1.82) is 0 Å². The first-order valence-electron chi connectivity index (χ1n) is 10.5. The van der Waals surface area contributed by atoms with Crippen molar-refractivity contribution >= 4 is 40.9 Å². The molecule has 0 bridgehead atoms. The summed E-state index contributed by atoms with van der Waals surface area (Å²) in [5.74, 6) is -3.66. The summed E-state index contributed by atoms with van der Waals surface area (Å²) in [5, 5.41) is 12.3. The molecule has 0 saturated heterocycles. The minimum Gasteiger partial charge on any atom is -0.477 e. The number of carboxylic acids is 1. The molecule has 10 heteroatoms. The highest BCUT2D eigenvalue weighted by Crippen LogP contribution is 2.58. The molecule has 0 aliphatic rings. The van der Waals surface area contributed by atoms with Crippen LogP contribution in [0.25, 0.3) is 10.1 Å². The van der Waals surface area contributed by atoms with Gasteiger partial charge in [0.05, 0.1) is 6.61 Å². The number of ether oxygens (including phenoxy) is 1. The van der Waals surface area contributed by atoms with E-state index in [2.05, 4.69) is 5.09 Å². The highest BCUT2D eigenvalue weighted by atomic mass is 32.1. The number of hydrogen-bond acceptors (Lipinski definition) is 6. The lowest BCUT2D eigenvalue weighted by molar-refractivity contribution is -0.145. The van der Waals surface area contributed by atoms with Crippen molar-refractivity contribution in [3.8, 4) is 5.75 Å². The van der Waals surface area contributed by atoms with Crippen LogP contribution in [0.4, 0.5) is 4.39 Å². The molecule has 2 unspecified atom stereocenters. The van der Waals surface area contributed by atoms with Gasteiger partial charge in [0.15, 0.2) is 0 Å². The number of halogens is 1. The van der Waals surface area contributed by atoms with Crippen molar-refractivity contribution in [2.75, 3.05) is 6.61 Å². The fraction of sp³-hybridized carbons (Fsp3) is 0.304. The quantitative estimate of drug-likeness (QED) is 0.244. The third kappa shape index (κ3) is 5.99. The summed E-state index contributed by atoms with van der Waals surface area (Å²) in [7, 11) is -4.33. The van der Waals surface area contributed by atoms with Crippen LogP contribution in [0.2, 0.25) is 0 Å². The zero-order valence-electron chi connectivity index (χ0n) is 18.2. The zero-order valence-corrected chi connectivity index (χ0v) is 19.9. The molecule has 3 aromatic rings. The number of carbonyl (C=O) groups is 2. The molecule has 0 radical (unpaired) electrons. The summed E-state index contributed by atoms with van der Waals surface area (Å²) in [6.07, 6.45) is 0.827. The number of para-hydroxylation sites is 1. The summed E-state index contributed by atoms with van der Waals surface area (Å²) in [4.78, 5) is 23.8. The van der Waals surface area contributed by atoms with Crippen molar-refractivity contribution in [2.45, 2.75) is 38.6 Å². The highest BCUT2D eigenvalue weighted by molar-refractivity contribution is 7.57. The molecule has 0 aliphatic carbocycles. The van der Waals surface area contributed by atoms with Crippen LogP contribution in [-0.2, 0) is 14.1 Å². The molecule has 0 amide bonds. The summed E-state index contributed by atoms with van der Waals surface area (Å²) in [6, 6.07) is 13.0. The number of thiophene rings is 1. The van der Waals surface area contributed by atoms with Gasteiger partial charge in [0.25, 0.3) is 0 Å². The Morgan fingerprint density at radius 2 is 1.88 bits per heavy atom. The number of alkyl halides is 1. The molecular formula is C23H25FNO6PS. The second-order valence-corrected chi connectivity index (χ2v) is 10.5. The van der Waals surface area contributed by atoms with Gasteiger partial charge in [-0.3, -0.25) is 9.36 Å². The number of carbonyl (C=O) groups excluding carboxylic acids is 1. The van der Waals surface area contributed by atoms with Crippen molar-refractivity contribution < 1.29 is 32.9 Å². The molecule has 0 saturated carbocycles. The van der Waals surface area contributed by atoms with E-state index in [1.165, 1.54) is 18.2 Å². The number of carboxylic acid groups (broad SMARTS) is 1. The Bertz CT molecular complexity index is 1170. The van der Waals surface area contributed by atoms with Crippen molar-refractivity contribution in [2.24, 2.45) is 0 Å². The minimum atomic E-state index is -4.33. The molecule has 176 valence electrons. The van der Waals surface area contributed by atoms with Gasteiger partial charge in [0.1, 0.15) is 16.7 Å². The molecule has 3 rings (SSSR count). The van der Waals surface area contributed by atoms with Crippen LogP contribution in [0.15, 0.2) is 54.6 Å². The third-order valence-electron chi connectivity index (χ3n) is 4.79. The van der Waals surface area contributed by atoms with Gasteiger partial charge in [-0.25, -0.2) is 14.3 Å². The van der Waals surface area contributed by atoms with E-state index in [-0.39, 0.29) is 29.2 Å². The maximum absolute atomic E-state index is 15.9. The molecule has 0 spiro atoms. The van der Waals surface area contributed by atoms with E-state index in [0.29, 0.717) is 16.5 Å². The average molecular weight is 493 g/mol. The minimum absolute atomic E-state index is 0.0424. The molecule has 2 N–H and O–H groups in total. The summed E-state index contributed by atoms with van der Waals surface area (Å²) in [6.45, 7) is 3.73. The van der Waals surface area contributed by atoms with Crippen LogP contribution in [0.5, 0.6) is 5.75 Å². The summed E-state index contributed by atoms with van der Waals surface area (Å²) < 4.78 is 41.2. The smallest absolute Gasteiger partial charge is 0.355 e. The number of hydrogen-bond donors (Lipinski definition) is 2. The fourth-order valence-corrected chi connectivity index (χ4v) is 5.99. The van der Waals surface area contributed by atoms with Crippen LogP contribution in [-0.4, -0.2) is 29.7 Å². The SMILES string of the molecule is CCCOC(=O)[C@H](CC)NP(=O)(Oc1ccccc1)C(F)c1ccc2sc(C(=O)O)cc2c1. The monoisotopic (exact) mass is 493 g/mol. The average Bonchev–Trinajstić information content (AvgIpc) is 3.25. The second-order valence-electron chi connectivity index (χ2n) is 7.31. The maximum Gasteiger partial charge on any atom is 0.355 e. The Kier molecular flexibility index (Phi) is 8.24. The van der Waals surface area contributed by atoms with Gasteiger partial charge in [-0.15, -0.1) is 11.3 Å². The Morgan fingerprint density at radius 1 is 1.15 bits per heavy atom. The Balaban J connectivity index is 1.97. The molecule has 1 aromatic heterocycles. The van der Waals surface area contributed by atoms with Crippen molar-refractivity contribution in [1.82, 2.24) is 5.09 Å². The second kappa shape index (κ2) is 10.9. The first-order chi connectivity index (χ1) is 15.8. The number of fused-ring (bicyclic) bond motifs is 1. The van der Waals surface area contributed by atoms with E-state index >= 15 is 4.39 Å². The number of rotatable bonds is 11. The maximum atomic E-state index is 15.9. The normalized spacial score (nSPS) is 14.9.